The molecule has 0 aromatic rings. The minimum Gasteiger partial charge on any atom is -0.244 e. The molecule has 0 amide bonds. The van der Waals surface area contributed by atoms with E-state index < -0.39 is 17.8 Å². The fourth-order valence-corrected chi connectivity index (χ4v) is 1.18. The van der Waals surface area contributed by atoms with Crippen LogP contribution in [0.5, 0.6) is 0 Å². The second-order valence-electron chi connectivity index (χ2n) is 5.25. The highest BCUT2D eigenvalue weighted by molar-refractivity contribution is 4.80. The maximum absolute atomic E-state index is 13.4. The molecule has 0 aliphatic heterocycles. The van der Waals surface area contributed by atoms with Crippen LogP contribution in [0.25, 0.3) is 0 Å². The van der Waals surface area contributed by atoms with Crippen LogP contribution in [0.1, 0.15) is 47.5 Å². The first-order chi connectivity index (χ1) is 5.75. The number of hydrogen-bond donors (Lipinski definition) is 0. The van der Waals surface area contributed by atoms with Crippen LogP contribution in [-0.2, 0) is 0 Å². The number of halogens is 2. The van der Waals surface area contributed by atoms with Crippen molar-refractivity contribution in [3.63, 3.8) is 0 Å². The topological polar surface area (TPSA) is 0 Å². The molecule has 0 aromatic carbocycles. The Morgan fingerprint density at radius 2 is 1.46 bits per heavy atom. The van der Waals surface area contributed by atoms with Gasteiger partial charge < -0.3 is 0 Å². The van der Waals surface area contributed by atoms with Gasteiger partial charge in [-0.25, -0.2) is 8.78 Å². The third-order valence-corrected chi connectivity index (χ3v) is 2.16. The van der Waals surface area contributed by atoms with Gasteiger partial charge in [-0.05, 0) is 24.2 Å². The molecule has 0 saturated heterocycles. The molecular weight excluding hydrogens is 170 g/mol. The summed E-state index contributed by atoms with van der Waals surface area (Å²) in [6.07, 6.45) is -1.54. The van der Waals surface area contributed by atoms with Gasteiger partial charge in [-0.15, -0.1) is 0 Å². The van der Waals surface area contributed by atoms with Gasteiger partial charge in [-0.1, -0.05) is 34.6 Å². The maximum Gasteiger partial charge on any atom is 0.136 e. The average molecular weight is 192 g/mol. The summed E-state index contributed by atoms with van der Waals surface area (Å²) in [4.78, 5) is 0. The Labute approximate surface area is 80.7 Å². The Hall–Kier alpha value is -0.140. The molecule has 0 N–H and O–H groups in total. The highest BCUT2D eigenvalue weighted by atomic mass is 19.2. The molecule has 0 saturated carbocycles. The van der Waals surface area contributed by atoms with Gasteiger partial charge in [-0.2, -0.15) is 0 Å². The fourth-order valence-electron chi connectivity index (χ4n) is 1.18. The van der Waals surface area contributed by atoms with E-state index in [1.165, 1.54) is 0 Å². The number of hydrogen-bond acceptors (Lipinski definition) is 0. The van der Waals surface area contributed by atoms with Crippen LogP contribution in [0.2, 0.25) is 0 Å². The summed E-state index contributed by atoms with van der Waals surface area (Å²) in [6.45, 7) is 9.26. The highest BCUT2D eigenvalue weighted by Gasteiger charge is 2.32. The van der Waals surface area contributed by atoms with E-state index in [2.05, 4.69) is 0 Å². The van der Waals surface area contributed by atoms with Crippen molar-refractivity contribution in [2.24, 2.45) is 11.3 Å². The molecule has 0 spiro atoms. The molecule has 2 heteroatoms. The maximum atomic E-state index is 13.4. The van der Waals surface area contributed by atoms with Crippen molar-refractivity contribution in [3.05, 3.63) is 0 Å². The van der Waals surface area contributed by atoms with Gasteiger partial charge in [0.1, 0.15) is 12.3 Å². The zero-order valence-corrected chi connectivity index (χ0v) is 9.40. The van der Waals surface area contributed by atoms with Crippen molar-refractivity contribution >= 4 is 0 Å². The van der Waals surface area contributed by atoms with Crippen molar-refractivity contribution in [2.75, 3.05) is 0 Å². The quantitative estimate of drug-likeness (QED) is 0.628. The molecule has 2 unspecified atom stereocenters. The fraction of sp³-hybridized carbons (Fsp3) is 1.00. The second-order valence-corrected chi connectivity index (χ2v) is 5.25. The zero-order valence-electron chi connectivity index (χ0n) is 9.40. The molecule has 0 rings (SSSR count). The Bertz CT molecular complexity index is 136. The van der Waals surface area contributed by atoms with Gasteiger partial charge in [0.2, 0.25) is 0 Å². The molecule has 0 bridgehead atoms. The van der Waals surface area contributed by atoms with Gasteiger partial charge in [0.15, 0.2) is 0 Å². The van der Waals surface area contributed by atoms with Crippen molar-refractivity contribution < 1.29 is 8.78 Å². The normalized spacial score (nSPS) is 17.5. The van der Waals surface area contributed by atoms with Gasteiger partial charge in [0.05, 0.1) is 0 Å². The van der Waals surface area contributed by atoms with E-state index in [4.69, 9.17) is 0 Å². The van der Waals surface area contributed by atoms with E-state index in [-0.39, 0.29) is 0 Å². The Balaban J connectivity index is 3.90. The summed E-state index contributed by atoms with van der Waals surface area (Å²) >= 11 is 0. The lowest BCUT2D eigenvalue weighted by molar-refractivity contribution is 0.0613. The molecule has 0 heterocycles. The van der Waals surface area contributed by atoms with Crippen LogP contribution in [-0.4, -0.2) is 12.3 Å². The predicted molar refractivity (Wildman–Crippen MR) is 53.3 cm³/mol. The molecule has 0 nitrogen and oxygen atoms in total. The smallest absolute Gasteiger partial charge is 0.136 e. The molecule has 13 heavy (non-hydrogen) atoms. The van der Waals surface area contributed by atoms with Gasteiger partial charge in [0, 0.05) is 0 Å². The van der Waals surface area contributed by atoms with Crippen molar-refractivity contribution in [1.82, 2.24) is 0 Å². The van der Waals surface area contributed by atoms with Crippen LogP contribution in [0.15, 0.2) is 0 Å². The van der Waals surface area contributed by atoms with Crippen molar-refractivity contribution in [2.45, 2.75) is 59.8 Å². The Kier molecular flexibility index (Phi) is 4.87. The third-order valence-electron chi connectivity index (χ3n) is 2.16. The zero-order chi connectivity index (χ0) is 10.6. The summed E-state index contributed by atoms with van der Waals surface area (Å²) in [5.41, 5.74) is -0.573. The first kappa shape index (κ1) is 12.9. The minimum atomic E-state index is -1.34. The van der Waals surface area contributed by atoms with Crippen LogP contribution in [0, 0.1) is 11.3 Å². The molecule has 0 aromatic heterocycles. The summed E-state index contributed by atoms with van der Waals surface area (Å²) in [5, 5.41) is 0. The van der Waals surface area contributed by atoms with E-state index in [0.717, 1.165) is 6.42 Å². The first-order valence-corrected chi connectivity index (χ1v) is 5.03. The van der Waals surface area contributed by atoms with E-state index in [9.17, 15) is 8.78 Å². The lowest BCUT2D eigenvalue weighted by Gasteiger charge is -2.26. The number of alkyl halides is 2. The summed E-state index contributed by atoms with van der Waals surface area (Å²) in [7, 11) is 0. The van der Waals surface area contributed by atoms with Gasteiger partial charge in [-0.3, -0.25) is 0 Å². The third kappa shape index (κ3) is 5.22. The summed E-state index contributed by atoms with van der Waals surface area (Å²) < 4.78 is 26.7. The molecule has 0 aliphatic carbocycles. The van der Waals surface area contributed by atoms with E-state index in [1.807, 2.05) is 13.8 Å². The SMILES string of the molecule is CC(C)CCC(F)C(F)C(C)(C)C. The minimum absolute atomic E-state index is 0.343. The van der Waals surface area contributed by atoms with Crippen molar-refractivity contribution in [3.8, 4) is 0 Å². The van der Waals surface area contributed by atoms with E-state index in [1.54, 1.807) is 20.8 Å². The lowest BCUT2D eigenvalue weighted by Crippen LogP contribution is -2.31. The standard InChI is InChI=1S/C11H22F2/c1-8(2)6-7-9(12)10(13)11(3,4)5/h8-10H,6-7H2,1-5H3. The monoisotopic (exact) mass is 192 g/mol. The molecule has 2 atom stereocenters. The second kappa shape index (κ2) is 4.92. The molecular formula is C11H22F2. The predicted octanol–water partition coefficient (Wildman–Crippen LogP) is 4.14. The molecule has 0 radical (unpaired) electrons. The summed E-state index contributed by atoms with van der Waals surface area (Å²) in [5.74, 6) is 0.449. The number of rotatable bonds is 4. The Morgan fingerprint density at radius 1 is 1.00 bits per heavy atom. The molecule has 0 fully saturated rings. The Morgan fingerprint density at radius 3 is 1.77 bits per heavy atom. The van der Waals surface area contributed by atoms with E-state index >= 15 is 0 Å². The first-order valence-electron chi connectivity index (χ1n) is 5.03. The lowest BCUT2D eigenvalue weighted by atomic mass is 9.85. The van der Waals surface area contributed by atoms with Crippen LogP contribution < -0.4 is 0 Å². The van der Waals surface area contributed by atoms with Gasteiger partial charge in [0.25, 0.3) is 0 Å². The largest absolute Gasteiger partial charge is 0.244 e. The molecule has 80 valence electrons. The average Bonchev–Trinajstić information content (AvgIpc) is 1.96. The van der Waals surface area contributed by atoms with Crippen LogP contribution in [0.4, 0.5) is 8.78 Å². The van der Waals surface area contributed by atoms with Crippen LogP contribution in [0.3, 0.4) is 0 Å². The van der Waals surface area contributed by atoms with Crippen molar-refractivity contribution in [1.29, 1.82) is 0 Å². The highest BCUT2D eigenvalue weighted by Crippen LogP contribution is 2.29. The van der Waals surface area contributed by atoms with Gasteiger partial charge >= 0.3 is 0 Å². The molecule has 0 aliphatic rings. The summed E-state index contributed by atoms with van der Waals surface area (Å²) in [6, 6.07) is 0. The van der Waals surface area contributed by atoms with E-state index in [0.29, 0.717) is 12.3 Å². The van der Waals surface area contributed by atoms with Crippen LogP contribution >= 0.6 is 0 Å².